The zero-order valence-corrected chi connectivity index (χ0v) is 15.0. The van der Waals surface area contributed by atoms with E-state index in [1.807, 2.05) is 25.7 Å². The van der Waals surface area contributed by atoms with Crippen LogP contribution in [0.2, 0.25) is 0 Å². The number of nitrogens with one attached hydrogen (secondary N) is 1. The summed E-state index contributed by atoms with van der Waals surface area (Å²) in [6.07, 6.45) is -0.227. The monoisotopic (exact) mass is 351 g/mol. The molecule has 0 radical (unpaired) electrons. The first-order valence-electron chi connectivity index (χ1n) is 8.30. The molecule has 1 N–H and O–H groups in total. The summed E-state index contributed by atoms with van der Waals surface area (Å²) in [6, 6.07) is 4.54. The normalized spacial score (nSPS) is 20.6. The molecular weight excluding hydrogens is 326 g/mol. The lowest BCUT2D eigenvalue weighted by Gasteiger charge is -2.37. The number of hydrogen-bond acceptors (Lipinski definition) is 6. The van der Waals surface area contributed by atoms with Crippen molar-refractivity contribution >= 4 is 17.3 Å². The van der Waals surface area contributed by atoms with Crippen LogP contribution in [0.25, 0.3) is 0 Å². The van der Waals surface area contributed by atoms with Crippen molar-refractivity contribution in [2.75, 3.05) is 31.7 Å². The van der Waals surface area contributed by atoms with Gasteiger partial charge in [-0.2, -0.15) is 0 Å². The Morgan fingerprint density at radius 1 is 1.48 bits per heavy atom. The quantitative estimate of drug-likeness (QED) is 0.622. The van der Waals surface area contributed by atoms with Gasteiger partial charge in [0.1, 0.15) is 5.69 Å². The van der Waals surface area contributed by atoms with Crippen LogP contribution < -0.4 is 10.2 Å². The second-order valence-electron chi connectivity index (χ2n) is 6.52. The number of rotatable bonds is 6. The Hall–Kier alpha value is -2.19. The lowest BCUT2D eigenvalue weighted by Crippen LogP contribution is -2.48. The summed E-state index contributed by atoms with van der Waals surface area (Å²) in [5.74, 6) is -0.322. The largest absolute Gasteiger partial charge is 0.382 e. The first kappa shape index (κ1) is 19.1. The minimum atomic E-state index is -0.451. The number of carbonyl (C=O) groups is 1. The first-order valence-corrected chi connectivity index (χ1v) is 8.30. The third kappa shape index (κ3) is 4.90. The molecule has 138 valence electrons. The molecule has 1 heterocycles. The number of nitro benzene ring substituents is 1. The summed E-state index contributed by atoms with van der Waals surface area (Å²) in [6.45, 7) is 7.06. The summed E-state index contributed by atoms with van der Waals surface area (Å²) < 4.78 is 10.9. The van der Waals surface area contributed by atoms with E-state index in [0.717, 1.165) is 0 Å². The summed E-state index contributed by atoms with van der Waals surface area (Å²) in [7, 11) is 1.59. The first-order chi connectivity index (χ1) is 11.8. The number of benzene rings is 1. The van der Waals surface area contributed by atoms with Gasteiger partial charge in [-0.05, 0) is 32.9 Å². The molecule has 1 fully saturated rings. The van der Waals surface area contributed by atoms with Crippen molar-refractivity contribution in [2.45, 2.75) is 39.0 Å². The topological polar surface area (TPSA) is 93.9 Å². The average Bonchev–Trinajstić information content (AvgIpc) is 2.53. The number of ether oxygens (including phenoxy) is 2. The van der Waals surface area contributed by atoms with E-state index in [4.69, 9.17) is 9.47 Å². The molecule has 25 heavy (non-hydrogen) atoms. The van der Waals surface area contributed by atoms with E-state index in [1.54, 1.807) is 19.2 Å². The molecular formula is C17H25N3O5. The zero-order valence-electron chi connectivity index (χ0n) is 15.0. The van der Waals surface area contributed by atoms with Gasteiger partial charge in [-0.25, -0.2) is 0 Å². The van der Waals surface area contributed by atoms with Crippen molar-refractivity contribution in [3.05, 3.63) is 33.9 Å². The molecule has 1 aliphatic heterocycles. The third-order valence-corrected chi connectivity index (χ3v) is 3.87. The predicted octanol–water partition coefficient (Wildman–Crippen LogP) is 1.97. The molecule has 8 heteroatoms. The predicted molar refractivity (Wildman–Crippen MR) is 94.1 cm³/mol. The molecule has 0 bridgehead atoms. The van der Waals surface area contributed by atoms with E-state index >= 15 is 0 Å². The molecule has 2 unspecified atom stereocenters. The van der Waals surface area contributed by atoms with Gasteiger partial charge in [-0.3, -0.25) is 14.9 Å². The Balaban J connectivity index is 2.30. The van der Waals surface area contributed by atoms with Crippen LogP contribution in [0.4, 0.5) is 11.4 Å². The van der Waals surface area contributed by atoms with Gasteiger partial charge in [0.25, 0.3) is 11.6 Å². The van der Waals surface area contributed by atoms with Crippen LogP contribution in [0.3, 0.4) is 0 Å². The number of amides is 1. The molecule has 1 saturated heterocycles. The molecule has 1 amide bonds. The Kier molecular flexibility index (Phi) is 6.33. The number of anilines is 1. The summed E-state index contributed by atoms with van der Waals surface area (Å²) in [5.41, 5.74) is 0.683. The Labute approximate surface area is 147 Å². The number of nitrogens with zero attached hydrogens (tertiary/aromatic N) is 2. The summed E-state index contributed by atoms with van der Waals surface area (Å²) in [4.78, 5) is 25.1. The highest BCUT2D eigenvalue weighted by atomic mass is 16.6. The van der Waals surface area contributed by atoms with E-state index in [9.17, 15) is 14.9 Å². The van der Waals surface area contributed by atoms with Crippen LogP contribution in [0.15, 0.2) is 18.2 Å². The number of nitro groups is 1. The molecule has 1 aliphatic rings. The maximum atomic E-state index is 12.1. The maximum absolute atomic E-state index is 12.1. The molecule has 1 aromatic carbocycles. The minimum Gasteiger partial charge on any atom is -0.382 e. The van der Waals surface area contributed by atoms with Crippen molar-refractivity contribution in [3.63, 3.8) is 0 Å². The number of hydrogen-bond donors (Lipinski definition) is 1. The smallest absolute Gasteiger partial charge is 0.293 e. The van der Waals surface area contributed by atoms with Gasteiger partial charge in [-0.1, -0.05) is 0 Å². The van der Waals surface area contributed by atoms with Gasteiger partial charge < -0.3 is 19.7 Å². The van der Waals surface area contributed by atoms with E-state index in [2.05, 4.69) is 5.32 Å². The van der Waals surface area contributed by atoms with Crippen molar-refractivity contribution in [1.29, 1.82) is 0 Å². The minimum absolute atomic E-state index is 0.0406. The number of methoxy groups -OCH3 is 1. The molecule has 0 aromatic heterocycles. The number of carbonyl (C=O) groups excluding carboxylic acids is 1. The van der Waals surface area contributed by atoms with Crippen LogP contribution in [0, 0.1) is 10.1 Å². The van der Waals surface area contributed by atoms with Gasteiger partial charge in [0.05, 0.1) is 23.7 Å². The fraction of sp³-hybridized carbons (Fsp3) is 0.588. The molecule has 2 atom stereocenters. The Bertz CT molecular complexity index is 635. The Morgan fingerprint density at radius 2 is 2.20 bits per heavy atom. The third-order valence-electron chi connectivity index (χ3n) is 3.87. The second kappa shape index (κ2) is 8.26. The molecule has 1 aromatic rings. The SMILES string of the molecule is COCC1CN(c2ccc(C(=O)NC(C)C)cc2[N+](=O)[O-])CC(C)O1. The van der Waals surface area contributed by atoms with Gasteiger partial charge in [0.2, 0.25) is 0 Å². The van der Waals surface area contributed by atoms with E-state index in [0.29, 0.717) is 25.4 Å². The van der Waals surface area contributed by atoms with Crippen LogP contribution in [0.5, 0.6) is 0 Å². The summed E-state index contributed by atoms with van der Waals surface area (Å²) in [5, 5.41) is 14.3. The standard InChI is InChI=1S/C17H25N3O5/c1-11(2)18-17(21)13-5-6-15(16(7-13)20(22)23)19-8-12(3)25-14(9-19)10-24-4/h5-7,11-12,14H,8-10H2,1-4H3,(H,18,21). The molecule has 8 nitrogen and oxygen atoms in total. The van der Waals surface area contributed by atoms with Gasteiger partial charge in [-0.15, -0.1) is 0 Å². The maximum Gasteiger partial charge on any atom is 0.293 e. The van der Waals surface area contributed by atoms with Crippen LogP contribution in [0.1, 0.15) is 31.1 Å². The van der Waals surface area contributed by atoms with E-state index in [1.165, 1.54) is 6.07 Å². The second-order valence-corrected chi connectivity index (χ2v) is 6.52. The summed E-state index contributed by atoms with van der Waals surface area (Å²) >= 11 is 0. The van der Waals surface area contributed by atoms with Crippen molar-refractivity contribution in [2.24, 2.45) is 0 Å². The number of morpholine rings is 1. The highest BCUT2D eigenvalue weighted by Crippen LogP contribution is 2.31. The van der Waals surface area contributed by atoms with Gasteiger partial charge >= 0.3 is 0 Å². The zero-order chi connectivity index (χ0) is 18.6. The van der Waals surface area contributed by atoms with E-state index in [-0.39, 0.29) is 35.4 Å². The van der Waals surface area contributed by atoms with Crippen molar-refractivity contribution < 1.29 is 19.2 Å². The highest BCUT2D eigenvalue weighted by Gasteiger charge is 2.30. The van der Waals surface area contributed by atoms with Gasteiger partial charge in [0, 0.05) is 37.9 Å². The van der Waals surface area contributed by atoms with Crippen LogP contribution >= 0.6 is 0 Å². The fourth-order valence-electron chi connectivity index (χ4n) is 2.94. The van der Waals surface area contributed by atoms with E-state index < -0.39 is 4.92 Å². The van der Waals surface area contributed by atoms with Gasteiger partial charge in [0.15, 0.2) is 0 Å². The lowest BCUT2D eigenvalue weighted by atomic mass is 10.1. The Morgan fingerprint density at radius 3 is 2.80 bits per heavy atom. The lowest BCUT2D eigenvalue weighted by molar-refractivity contribution is -0.384. The molecule has 0 aliphatic carbocycles. The molecule has 2 rings (SSSR count). The van der Waals surface area contributed by atoms with Crippen molar-refractivity contribution in [1.82, 2.24) is 5.32 Å². The van der Waals surface area contributed by atoms with Crippen LogP contribution in [-0.4, -0.2) is 55.9 Å². The average molecular weight is 351 g/mol. The fourth-order valence-corrected chi connectivity index (χ4v) is 2.94. The molecule has 0 saturated carbocycles. The van der Waals surface area contributed by atoms with Crippen LogP contribution in [-0.2, 0) is 9.47 Å². The van der Waals surface area contributed by atoms with Crippen molar-refractivity contribution in [3.8, 4) is 0 Å². The highest BCUT2D eigenvalue weighted by molar-refractivity contribution is 5.96. The molecule has 0 spiro atoms.